The van der Waals surface area contributed by atoms with Gasteiger partial charge in [0.05, 0.1) is 10.2 Å². The quantitative estimate of drug-likeness (QED) is 0.193. The largest absolute Gasteiger partial charge is 0.455 e. The van der Waals surface area contributed by atoms with Crippen LogP contribution < -0.4 is 0 Å². The molecular formula is C42H24N4OS. The predicted octanol–water partition coefficient (Wildman–Crippen LogP) is 11.4. The van der Waals surface area contributed by atoms with Crippen LogP contribution >= 0.6 is 11.3 Å². The zero-order valence-electron chi connectivity index (χ0n) is 25.5. The maximum atomic E-state index is 6.53. The molecule has 3 heterocycles. The molecule has 5 nitrogen and oxygen atoms in total. The number of para-hydroxylation sites is 1. The van der Waals surface area contributed by atoms with Crippen LogP contribution in [-0.4, -0.2) is 19.9 Å². The van der Waals surface area contributed by atoms with E-state index in [0.29, 0.717) is 17.5 Å². The molecule has 7 aromatic carbocycles. The molecule has 0 aliphatic rings. The molecule has 10 rings (SSSR count). The van der Waals surface area contributed by atoms with E-state index in [4.69, 9.17) is 24.4 Å². The van der Waals surface area contributed by atoms with E-state index in [9.17, 15) is 0 Å². The molecule has 6 heteroatoms. The smallest absolute Gasteiger partial charge is 0.164 e. The lowest BCUT2D eigenvalue weighted by Gasteiger charge is -2.12. The number of aromatic nitrogens is 4. The Morgan fingerprint density at radius 1 is 0.458 bits per heavy atom. The van der Waals surface area contributed by atoms with Gasteiger partial charge in [0.15, 0.2) is 17.5 Å². The van der Waals surface area contributed by atoms with Gasteiger partial charge in [-0.25, -0.2) is 19.9 Å². The van der Waals surface area contributed by atoms with Gasteiger partial charge in [0.1, 0.15) is 16.2 Å². The molecule has 3 aromatic heterocycles. The van der Waals surface area contributed by atoms with Crippen LogP contribution in [0.25, 0.3) is 98.4 Å². The average Bonchev–Trinajstić information content (AvgIpc) is 3.77. The minimum absolute atomic E-state index is 0.592. The van der Waals surface area contributed by atoms with Crippen molar-refractivity contribution in [1.82, 2.24) is 19.9 Å². The zero-order valence-corrected chi connectivity index (χ0v) is 26.3. The van der Waals surface area contributed by atoms with E-state index in [1.165, 1.54) is 0 Å². The molecule has 10 aromatic rings. The van der Waals surface area contributed by atoms with E-state index in [1.54, 1.807) is 11.3 Å². The number of nitrogens with zero attached hydrogens (tertiary/aromatic N) is 4. The molecule has 0 aliphatic heterocycles. The molecule has 0 radical (unpaired) electrons. The molecule has 0 aliphatic carbocycles. The number of thiazole rings is 1. The molecule has 0 saturated heterocycles. The van der Waals surface area contributed by atoms with Crippen molar-refractivity contribution in [2.24, 2.45) is 0 Å². The number of furan rings is 1. The molecule has 0 bridgehead atoms. The summed E-state index contributed by atoms with van der Waals surface area (Å²) in [6.45, 7) is 0. The van der Waals surface area contributed by atoms with Crippen molar-refractivity contribution in [3.05, 3.63) is 146 Å². The number of hydrogen-bond donors (Lipinski definition) is 0. The predicted molar refractivity (Wildman–Crippen MR) is 197 cm³/mol. The molecule has 0 amide bonds. The monoisotopic (exact) mass is 632 g/mol. The lowest BCUT2D eigenvalue weighted by Crippen LogP contribution is -2.01. The molecule has 0 N–H and O–H groups in total. The minimum Gasteiger partial charge on any atom is -0.455 e. The fourth-order valence-electron chi connectivity index (χ4n) is 6.69. The molecule has 0 atom stereocenters. The molecular weight excluding hydrogens is 609 g/mol. The Morgan fingerprint density at radius 3 is 2.06 bits per heavy atom. The van der Waals surface area contributed by atoms with Gasteiger partial charge in [0.25, 0.3) is 0 Å². The first-order chi connectivity index (χ1) is 23.8. The second-order valence-electron chi connectivity index (χ2n) is 11.8. The summed E-state index contributed by atoms with van der Waals surface area (Å²) in [5.41, 5.74) is 6.43. The van der Waals surface area contributed by atoms with E-state index >= 15 is 0 Å². The summed E-state index contributed by atoms with van der Waals surface area (Å²) in [6, 6.07) is 49.9. The Bertz CT molecular complexity index is 2820. The third-order valence-corrected chi connectivity index (χ3v) is 10.0. The van der Waals surface area contributed by atoms with Crippen molar-refractivity contribution >= 4 is 65.0 Å². The van der Waals surface area contributed by atoms with Gasteiger partial charge in [0, 0.05) is 38.4 Å². The lowest BCUT2D eigenvalue weighted by molar-refractivity contribution is 0.672. The number of rotatable bonds is 4. The molecule has 0 saturated carbocycles. The maximum Gasteiger partial charge on any atom is 0.164 e. The van der Waals surface area contributed by atoms with Gasteiger partial charge in [0.2, 0.25) is 0 Å². The van der Waals surface area contributed by atoms with E-state index in [0.717, 1.165) is 81.0 Å². The Balaban J connectivity index is 1.25. The van der Waals surface area contributed by atoms with Gasteiger partial charge in [-0.2, -0.15) is 0 Å². The summed E-state index contributed by atoms with van der Waals surface area (Å²) < 4.78 is 7.68. The van der Waals surface area contributed by atoms with Gasteiger partial charge in [-0.3, -0.25) is 0 Å². The van der Waals surface area contributed by atoms with Crippen molar-refractivity contribution in [3.63, 3.8) is 0 Å². The summed E-state index contributed by atoms with van der Waals surface area (Å²) in [6.07, 6.45) is 0. The van der Waals surface area contributed by atoms with Crippen LogP contribution in [0.15, 0.2) is 150 Å². The number of benzene rings is 7. The lowest BCUT2D eigenvalue weighted by atomic mass is 10.00. The Morgan fingerprint density at radius 2 is 1.19 bits per heavy atom. The highest BCUT2D eigenvalue weighted by atomic mass is 32.1. The molecule has 0 fully saturated rings. The SMILES string of the molecule is c1ccc(-c2nc(-c3cc(-c4nc5ccccc5s4)cc4ccccc34)nc(-c3cccc4oc5c6ccccc6ccc5c34)n2)cc1. The maximum absolute atomic E-state index is 6.53. The van der Waals surface area contributed by atoms with Crippen molar-refractivity contribution in [3.8, 4) is 44.7 Å². The van der Waals surface area contributed by atoms with Gasteiger partial charge >= 0.3 is 0 Å². The highest BCUT2D eigenvalue weighted by molar-refractivity contribution is 7.21. The van der Waals surface area contributed by atoms with Crippen molar-refractivity contribution in [1.29, 1.82) is 0 Å². The van der Waals surface area contributed by atoms with Crippen LogP contribution in [0, 0.1) is 0 Å². The molecule has 48 heavy (non-hydrogen) atoms. The topological polar surface area (TPSA) is 64.7 Å². The summed E-state index contributed by atoms with van der Waals surface area (Å²) in [4.78, 5) is 20.5. The van der Waals surface area contributed by atoms with Crippen molar-refractivity contribution in [2.75, 3.05) is 0 Å². The Hall–Kier alpha value is -6.24. The first kappa shape index (κ1) is 26.9. The van der Waals surface area contributed by atoms with Crippen LogP contribution in [0.5, 0.6) is 0 Å². The minimum atomic E-state index is 0.592. The second-order valence-corrected chi connectivity index (χ2v) is 12.9. The number of fused-ring (bicyclic) bond motifs is 7. The molecule has 0 spiro atoms. The van der Waals surface area contributed by atoms with Crippen LogP contribution in [0.3, 0.4) is 0 Å². The van der Waals surface area contributed by atoms with E-state index in [2.05, 4.69) is 91.0 Å². The number of hydrogen-bond acceptors (Lipinski definition) is 6. The van der Waals surface area contributed by atoms with Gasteiger partial charge < -0.3 is 4.42 Å². The van der Waals surface area contributed by atoms with Gasteiger partial charge in [-0.1, -0.05) is 109 Å². The van der Waals surface area contributed by atoms with Crippen LogP contribution in [0.2, 0.25) is 0 Å². The standard InChI is InChI=1S/C42H24N4OS/c1-2-12-26(13-3-1)39-44-40(32-17-10-19-35-37(32)31-22-21-25-11-4-7-16-30(25)38(31)47-35)46-41(45-39)33-24-28(23-27-14-5-6-15-29(27)33)42-43-34-18-8-9-20-36(34)48-42/h1-24H. The highest BCUT2D eigenvalue weighted by Gasteiger charge is 2.20. The first-order valence-electron chi connectivity index (χ1n) is 15.8. The fourth-order valence-corrected chi connectivity index (χ4v) is 7.64. The first-order valence-corrected chi connectivity index (χ1v) is 16.6. The molecule has 0 unspecified atom stereocenters. The Kier molecular flexibility index (Phi) is 5.98. The third-order valence-electron chi connectivity index (χ3n) is 8.94. The second kappa shape index (κ2) is 10.7. The summed E-state index contributed by atoms with van der Waals surface area (Å²) in [5.74, 6) is 1.81. The average molecular weight is 633 g/mol. The zero-order chi connectivity index (χ0) is 31.6. The van der Waals surface area contributed by atoms with E-state index in [1.807, 2.05) is 54.6 Å². The van der Waals surface area contributed by atoms with Crippen LogP contribution in [0.4, 0.5) is 0 Å². The van der Waals surface area contributed by atoms with Crippen LogP contribution in [0.1, 0.15) is 0 Å². The van der Waals surface area contributed by atoms with E-state index in [-0.39, 0.29) is 0 Å². The highest BCUT2D eigenvalue weighted by Crippen LogP contribution is 2.41. The Labute approximate surface area is 278 Å². The normalized spacial score (nSPS) is 11.8. The summed E-state index contributed by atoms with van der Waals surface area (Å²) in [5, 5.41) is 7.37. The third kappa shape index (κ3) is 4.31. The summed E-state index contributed by atoms with van der Waals surface area (Å²) >= 11 is 1.69. The van der Waals surface area contributed by atoms with Crippen molar-refractivity contribution in [2.45, 2.75) is 0 Å². The van der Waals surface area contributed by atoms with Gasteiger partial charge in [-0.05, 0) is 52.6 Å². The molecule has 224 valence electrons. The van der Waals surface area contributed by atoms with Crippen molar-refractivity contribution < 1.29 is 4.42 Å². The van der Waals surface area contributed by atoms with E-state index < -0.39 is 0 Å². The van der Waals surface area contributed by atoms with Crippen LogP contribution in [-0.2, 0) is 0 Å². The van der Waals surface area contributed by atoms with Gasteiger partial charge in [-0.15, -0.1) is 11.3 Å². The summed E-state index contributed by atoms with van der Waals surface area (Å²) in [7, 11) is 0. The fraction of sp³-hybridized carbons (Fsp3) is 0.